The van der Waals surface area contributed by atoms with E-state index >= 15 is 0 Å². The van der Waals surface area contributed by atoms with E-state index in [2.05, 4.69) is 20.9 Å². The monoisotopic (exact) mass is 436 g/mol. The molecule has 2 aliphatic heterocycles. The van der Waals surface area contributed by atoms with Crippen molar-refractivity contribution in [2.75, 3.05) is 6.61 Å². The van der Waals surface area contributed by atoms with E-state index in [1.54, 1.807) is 11.8 Å². The molecule has 0 aliphatic carbocycles. The first kappa shape index (κ1) is 19.2. The van der Waals surface area contributed by atoms with E-state index < -0.39 is 12.0 Å². The van der Waals surface area contributed by atoms with Gasteiger partial charge in [0.2, 0.25) is 5.91 Å². The van der Waals surface area contributed by atoms with Gasteiger partial charge in [0.05, 0.1) is 29.2 Å². The smallest absolute Gasteiger partial charge is 0.338 e. The highest BCUT2D eigenvalue weighted by Gasteiger charge is 2.46. The Balaban J connectivity index is 2.06. The summed E-state index contributed by atoms with van der Waals surface area (Å²) in [6, 6.07) is 7.14. The number of carbonyl (C=O) groups is 2. The van der Waals surface area contributed by atoms with Gasteiger partial charge in [0.1, 0.15) is 0 Å². The summed E-state index contributed by atoms with van der Waals surface area (Å²) in [5.41, 5.74) is 1.89. The van der Waals surface area contributed by atoms with E-state index in [9.17, 15) is 9.59 Å². The van der Waals surface area contributed by atoms with E-state index in [0.717, 1.165) is 10.0 Å². The van der Waals surface area contributed by atoms with Crippen molar-refractivity contribution in [3.8, 4) is 0 Å². The average molecular weight is 437 g/mol. The van der Waals surface area contributed by atoms with E-state index in [1.165, 1.54) is 11.8 Å². The van der Waals surface area contributed by atoms with Crippen LogP contribution >= 0.6 is 27.7 Å². The molecule has 7 heteroatoms. The number of halogens is 1. The van der Waals surface area contributed by atoms with Crippen LogP contribution in [0.3, 0.4) is 0 Å². The van der Waals surface area contributed by atoms with Gasteiger partial charge in [0.15, 0.2) is 5.17 Å². The molecule has 1 aromatic rings. The Morgan fingerprint density at radius 3 is 2.62 bits per heavy atom. The molecule has 3 rings (SSSR count). The number of allylic oxidation sites excluding steroid dienone is 1. The lowest BCUT2D eigenvalue weighted by Crippen LogP contribution is -2.40. The summed E-state index contributed by atoms with van der Waals surface area (Å²) in [4.78, 5) is 31.8. The lowest BCUT2D eigenvalue weighted by atomic mass is 9.94. The van der Waals surface area contributed by atoms with Crippen molar-refractivity contribution in [2.24, 2.45) is 10.9 Å². The number of aliphatic imine (C=N–C) groups is 1. The quantitative estimate of drug-likeness (QED) is 0.660. The Morgan fingerprint density at radius 2 is 2.00 bits per heavy atom. The second-order valence-corrected chi connectivity index (χ2v) is 9.03. The molecule has 1 saturated heterocycles. The Morgan fingerprint density at radius 1 is 1.35 bits per heavy atom. The zero-order valence-electron chi connectivity index (χ0n) is 15.2. The molecule has 1 amide bonds. The lowest BCUT2D eigenvalue weighted by Gasteiger charge is -2.33. The molecule has 0 aromatic heterocycles. The number of esters is 1. The third-order valence-electron chi connectivity index (χ3n) is 4.21. The van der Waals surface area contributed by atoms with Gasteiger partial charge in [0, 0.05) is 4.47 Å². The van der Waals surface area contributed by atoms with Gasteiger partial charge >= 0.3 is 5.97 Å². The van der Waals surface area contributed by atoms with Gasteiger partial charge in [-0.3, -0.25) is 9.69 Å². The predicted molar refractivity (Wildman–Crippen MR) is 107 cm³/mol. The maximum absolute atomic E-state index is 12.8. The Bertz CT molecular complexity index is 802. The SMILES string of the molecule is CC1=C(C(=O)OCC(C)C)[C@H](c2ccc(Br)cc2)N2C(=O)[C@H](C)SC2=N1. The topological polar surface area (TPSA) is 59.0 Å². The van der Waals surface area contributed by atoms with Crippen LogP contribution in [-0.2, 0) is 14.3 Å². The molecule has 0 bridgehead atoms. The van der Waals surface area contributed by atoms with Crippen molar-refractivity contribution in [3.63, 3.8) is 0 Å². The molecule has 0 saturated carbocycles. The van der Waals surface area contributed by atoms with E-state index in [-0.39, 0.29) is 17.1 Å². The number of benzene rings is 1. The number of amides is 1. The van der Waals surface area contributed by atoms with Gasteiger partial charge < -0.3 is 4.74 Å². The van der Waals surface area contributed by atoms with Gasteiger partial charge in [-0.2, -0.15) is 0 Å². The molecule has 26 heavy (non-hydrogen) atoms. The van der Waals surface area contributed by atoms with E-state index in [4.69, 9.17) is 4.74 Å². The number of hydrogen-bond acceptors (Lipinski definition) is 5. The minimum absolute atomic E-state index is 0.0386. The Labute approximate surface area is 166 Å². The third kappa shape index (κ3) is 3.60. The summed E-state index contributed by atoms with van der Waals surface area (Å²) in [6.07, 6.45) is 0. The van der Waals surface area contributed by atoms with Crippen LogP contribution in [0.25, 0.3) is 0 Å². The van der Waals surface area contributed by atoms with Crippen molar-refractivity contribution in [1.82, 2.24) is 4.90 Å². The molecule has 5 nitrogen and oxygen atoms in total. The maximum Gasteiger partial charge on any atom is 0.338 e. The second-order valence-electron chi connectivity index (χ2n) is 6.81. The number of amidine groups is 1. The average Bonchev–Trinajstić information content (AvgIpc) is 2.86. The van der Waals surface area contributed by atoms with Crippen LogP contribution in [0.5, 0.6) is 0 Å². The minimum Gasteiger partial charge on any atom is -0.462 e. The van der Waals surface area contributed by atoms with Gasteiger partial charge in [-0.15, -0.1) is 0 Å². The zero-order chi connectivity index (χ0) is 19.0. The summed E-state index contributed by atoms with van der Waals surface area (Å²) in [5.74, 6) is -0.217. The molecule has 2 atom stereocenters. The highest BCUT2D eigenvalue weighted by molar-refractivity contribution is 9.10. The van der Waals surface area contributed by atoms with Crippen LogP contribution in [0.1, 0.15) is 39.3 Å². The molecule has 0 radical (unpaired) electrons. The highest BCUT2D eigenvalue weighted by atomic mass is 79.9. The first-order chi connectivity index (χ1) is 12.3. The van der Waals surface area contributed by atoms with E-state index in [0.29, 0.717) is 23.0 Å². The Hall–Kier alpha value is -1.60. The molecule has 2 heterocycles. The molecular weight excluding hydrogens is 416 g/mol. The fourth-order valence-corrected chi connectivity index (χ4v) is 4.24. The molecule has 0 N–H and O–H groups in total. The highest BCUT2D eigenvalue weighted by Crippen LogP contribution is 2.43. The molecule has 1 aromatic carbocycles. The number of ether oxygens (including phenoxy) is 1. The summed E-state index contributed by atoms with van der Waals surface area (Å²) in [6.45, 7) is 7.97. The molecular formula is C19H21BrN2O3S. The van der Waals surface area contributed by atoms with Crippen LogP contribution in [0, 0.1) is 5.92 Å². The number of thioether (sulfide) groups is 1. The van der Waals surface area contributed by atoms with Gasteiger partial charge in [-0.1, -0.05) is 53.7 Å². The minimum atomic E-state index is -0.514. The normalized spacial score (nSPS) is 22.6. The van der Waals surface area contributed by atoms with Gasteiger partial charge in [0.25, 0.3) is 0 Å². The van der Waals surface area contributed by atoms with E-state index in [1.807, 2.05) is 45.0 Å². The number of nitrogens with zero attached hydrogens (tertiary/aromatic N) is 2. The first-order valence-corrected chi connectivity index (χ1v) is 10.2. The first-order valence-electron chi connectivity index (χ1n) is 8.51. The standard InChI is InChI=1S/C19H21BrN2O3S/c1-10(2)9-25-18(24)15-11(3)21-19-22(17(23)12(4)26-19)16(15)13-5-7-14(20)8-6-13/h5-8,10,12,16H,9H2,1-4H3/t12-,16-/m0/s1. The molecule has 2 aliphatic rings. The van der Waals surface area contributed by atoms with Crippen molar-refractivity contribution >= 4 is 44.7 Å². The van der Waals surface area contributed by atoms with Crippen LogP contribution in [0.4, 0.5) is 0 Å². The number of hydrogen-bond donors (Lipinski definition) is 0. The summed E-state index contributed by atoms with van der Waals surface area (Å²) in [5, 5.41) is 0.430. The number of fused-ring (bicyclic) bond motifs is 1. The molecule has 1 fully saturated rings. The zero-order valence-corrected chi connectivity index (χ0v) is 17.6. The van der Waals surface area contributed by atoms with Crippen molar-refractivity contribution in [3.05, 3.63) is 45.6 Å². The lowest BCUT2D eigenvalue weighted by molar-refractivity contribution is -0.141. The van der Waals surface area contributed by atoms with Crippen LogP contribution in [0.15, 0.2) is 45.0 Å². The van der Waals surface area contributed by atoms with Crippen LogP contribution in [0.2, 0.25) is 0 Å². The summed E-state index contributed by atoms with van der Waals surface area (Å²) in [7, 11) is 0. The van der Waals surface area contributed by atoms with Crippen molar-refractivity contribution in [2.45, 2.75) is 39.0 Å². The maximum atomic E-state index is 12.8. The predicted octanol–water partition coefficient (Wildman–Crippen LogP) is 4.30. The van der Waals surface area contributed by atoms with Crippen LogP contribution in [-0.4, -0.2) is 33.8 Å². The number of carbonyl (C=O) groups excluding carboxylic acids is 2. The van der Waals surface area contributed by atoms with Crippen LogP contribution < -0.4 is 0 Å². The fourth-order valence-electron chi connectivity index (χ4n) is 2.94. The second kappa shape index (κ2) is 7.56. The van der Waals surface area contributed by atoms with Gasteiger partial charge in [-0.05, 0) is 37.5 Å². The molecule has 0 unspecified atom stereocenters. The third-order valence-corrected chi connectivity index (χ3v) is 5.79. The fraction of sp³-hybridized carbons (Fsp3) is 0.421. The van der Waals surface area contributed by atoms with Crippen molar-refractivity contribution in [1.29, 1.82) is 0 Å². The summed E-state index contributed by atoms with van der Waals surface area (Å²) < 4.78 is 6.42. The molecule has 0 spiro atoms. The van der Waals surface area contributed by atoms with Crippen molar-refractivity contribution < 1.29 is 14.3 Å². The van der Waals surface area contributed by atoms with Gasteiger partial charge in [-0.25, -0.2) is 9.79 Å². The number of rotatable bonds is 4. The Kier molecular flexibility index (Phi) is 5.58. The largest absolute Gasteiger partial charge is 0.462 e. The summed E-state index contributed by atoms with van der Waals surface area (Å²) >= 11 is 4.86. The molecule has 138 valence electrons.